The van der Waals surface area contributed by atoms with E-state index in [1.165, 1.54) is 0 Å². The molecular formula is C17H24O4. The van der Waals surface area contributed by atoms with E-state index in [2.05, 4.69) is 19.9 Å². The van der Waals surface area contributed by atoms with Crippen LogP contribution in [0.4, 0.5) is 0 Å². The zero-order chi connectivity index (χ0) is 15.4. The molecule has 0 aromatic heterocycles. The smallest absolute Gasteiger partial charge is 0.348 e. The lowest BCUT2D eigenvalue weighted by molar-refractivity contribution is -0.164. The molecule has 1 fully saturated rings. The molecule has 0 spiro atoms. The Bertz CT molecular complexity index is 450. The van der Waals surface area contributed by atoms with E-state index in [0.29, 0.717) is 12.3 Å². The molecule has 0 amide bonds. The van der Waals surface area contributed by atoms with E-state index in [1.807, 2.05) is 25.2 Å². The molecule has 0 N–H and O–H groups in total. The Morgan fingerprint density at radius 1 is 1.38 bits per heavy atom. The van der Waals surface area contributed by atoms with Crippen LogP contribution in [0.2, 0.25) is 0 Å². The highest BCUT2D eigenvalue weighted by molar-refractivity contribution is 5.82. The summed E-state index contributed by atoms with van der Waals surface area (Å²) in [7, 11) is 0. The summed E-state index contributed by atoms with van der Waals surface area (Å²) in [5, 5.41) is 0. The van der Waals surface area contributed by atoms with Crippen LogP contribution in [0.1, 0.15) is 40.0 Å². The summed E-state index contributed by atoms with van der Waals surface area (Å²) in [5.74, 6) is -0.396. The molecule has 4 atom stereocenters. The minimum Gasteiger partial charge on any atom is -0.455 e. The van der Waals surface area contributed by atoms with Gasteiger partial charge in [0, 0.05) is 0 Å². The molecule has 0 radical (unpaired) electrons. The van der Waals surface area contributed by atoms with Crippen molar-refractivity contribution in [1.29, 1.82) is 0 Å². The van der Waals surface area contributed by atoms with Crippen LogP contribution >= 0.6 is 0 Å². The molecule has 4 unspecified atom stereocenters. The van der Waals surface area contributed by atoms with E-state index in [1.54, 1.807) is 0 Å². The summed E-state index contributed by atoms with van der Waals surface area (Å²) >= 11 is 0. The summed E-state index contributed by atoms with van der Waals surface area (Å²) in [5.41, 5.74) is 0. The van der Waals surface area contributed by atoms with Crippen molar-refractivity contribution >= 4 is 11.9 Å². The molecule has 1 saturated heterocycles. The molecule has 0 bridgehead atoms. The molecule has 1 heterocycles. The summed E-state index contributed by atoms with van der Waals surface area (Å²) in [4.78, 5) is 23.8. The second-order valence-corrected chi connectivity index (χ2v) is 6.32. The lowest BCUT2D eigenvalue weighted by atomic mass is 10.00. The Morgan fingerprint density at radius 2 is 2.10 bits per heavy atom. The van der Waals surface area contributed by atoms with Crippen LogP contribution in [0, 0.1) is 17.8 Å². The number of hydrogen-bond donors (Lipinski definition) is 0. The lowest BCUT2D eigenvalue weighted by Crippen LogP contribution is -2.31. The first kappa shape index (κ1) is 15.8. The van der Waals surface area contributed by atoms with Crippen LogP contribution in [-0.2, 0) is 19.1 Å². The Balaban J connectivity index is 1.81. The third-order valence-corrected chi connectivity index (χ3v) is 3.94. The number of ether oxygens (including phenoxy) is 2. The molecule has 4 heteroatoms. The SMILES string of the molecule is CC(C)C/C=C\CC(C)C(=O)OC1C(=O)OC2C=CCC21. The Hall–Kier alpha value is -1.58. The Morgan fingerprint density at radius 3 is 2.81 bits per heavy atom. The molecule has 2 aliphatic rings. The van der Waals surface area contributed by atoms with Gasteiger partial charge in [-0.3, -0.25) is 4.79 Å². The molecule has 2 rings (SSSR count). The fourth-order valence-corrected chi connectivity index (χ4v) is 2.59. The van der Waals surface area contributed by atoms with Crippen molar-refractivity contribution in [3.63, 3.8) is 0 Å². The van der Waals surface area contributed by atoms with Crippen molar-refractivity contribution < 1.29 is 19.1 Å². The van der Waals surface area contributed by atoms with E-state index in [-0.39, 0.29) is 23.9 Å². The number of fused-ring (bicyclic) bond motifs is 1. The van der Waals surface area contributed by atoms with Gasteiger partial charge in [0.05, 0.1) is 11.8 Å². The molecule has 0 saturated carbocycles. The molecular weight excluding hydrogens is 268 g/mol. The van der Waals surface area contributed by atoms with Crippen molar-refractivity contribution in [3.05, 3.63) is 24.3 Å². The first-order valence-electron chi connectivity index (χ1n) is 7.71. The third-order valence-electron chi connectivity index (χ3n) is 3.94. The Kier molecular flexibility index (Phi) is 5.21. The van der Waals surface area contributed by atoms with Crippen LogP contribution in [-0.4, -0.2) is 24.1 Å². The van der Waals surface area contributed by atoms with Gasteiger partial charge in [-0.05, 0) is 31.3 Å². The van der Waals surface area contributed by atoms with Gasteiger partial charge >= 0.3 is 11.9 Å². The first-order valence-corrected chi connectivity index (χ1v) is 7.71. The highest BCUT2D eigenvalue weighted by atomic mass is 16.6. The molecule has 116 valence electrons. The number of rotatable bonds is 6. The van der Waals surface area contributed by atoms with Gasteiger partial charge in [-0.15, -0.1) is 0 Å². The van der Waals surface area contributed by atoms with Gasteiger partial charge in [0.15, 0.2) is 0 Å². The number of carbonyl (C=O) groups is 2. The van der Waals surface area contributed by atoms with E-state index in [0.717, 1.165) is 12.8 Å². The van der Waals surface area contributed by atoms with E-state index in [4.69, 9.17) is 9.47 Å². The number of esters is 2. The van der Waals surface area contributed by atoms with Gasteiger partial charge in [-0.25, -0.2) is 4.79 Å². The summed E-state index contributed by atoms with van der Waals surface area (Å²) in [6, 6.07) is 0. The Labute approximate surface area is 126 Å². The predicted octanol–water partition coefficient (Wildman–Crippen LogP) is 3.03. The molecule has 21 heavy (non-hydrogen) atoms. The maximum atomic E-state index is 12.1. The summed E-state index contributed by atoms with van der Waals surface area (Å²) in [6.45, 7) is 6.13. The summed E-state index contributed by atoms with van der Waals surface area (Å²) < 4.78 is 10.6. The molecule has 0 aromatic carbocycles. The van der Waals surface area contributed by atoms with Gasteiger partial charge in [0.2, 0.25) is 6.10 Å². The maximum Gasteiger partial charge on any atom is 0.348 e. The quantitative estimate of drug-likeness (QED) is 0.558. The highest BCUT2D eigenvalue weighted by Crippen LogP contribution is 2.34. The van der Waals surface area contributed by atoms with Crippen molar-refractivity contribution in [1.82, 2.24) is 0 Å². The molecule has 1 aliphatic heterocycles. The maximum absolute atomic E-state index is 12.1. The largest absolute Gasteiger partial charge is 0.455 e. The normalized spacial score (nSPS) is 29.0. The molecule has 1 aliphatic carbocycles. The van der Waals surface area contributed by atoms with E-state index in [9.17, 15) is 9.59 Å². The van der Waals surface area contributed by atoms with Crippen molar-refractivity contribution in [3.8, 4) is 0 Å². The lowest BCUT2D eigenvalue weighted by Gasteiger charge is -2.16. The first-order chi connectivity index (χ1) is 9.99. The van der Waals surface area contributed by atoms with Crippen LogP contribution in [0.3, 0.4) is 0 Å². The monoisotopic (exact) mass is 292 g/mol. The minimum absolute atomic E-state index is 0.0369. The standard InChI is InChI=1S/C17H24O4/c1-11(2)7-4-5-8-12(3)16(18)21-15-13-9-6-10-14(13)20-17(15)19/h4-6,10-15H,7-9H2,1-3H3/b5-4-. The van der Waals surface area contributed by atoms with Crippen LogP contribution in [0.5, 0.6) is 0 Å². The van der Waals surface area contributed by atoms with Crippen LogP contribution < -0.4 is 0 Å². The predicted molar refractivity (Wildman–Crippen MR) is 79.4 cm³/mol. The van der Waals surface area contributed by atoms with E-state index < -0.39 is 12.1 Å². The average molecular weight is 292 g/mol. The van der Waals surface area contributed by atoms with Crippen LogP contribution in [0.25, 0.3) is 0 Å². The number of carbonyl (C=O) groups excluding carboxylic acids is 2. The van der Waals surface area contributed by atoms with E-state index >= 15 is 0 Å². The topological polar surface area (TPSA) is 52.6 Å². The highest BCUT2D eigenvalue weighted by Gasteiger charge is 2.47. The van der Waals surface area contributed by atoms with Gasteiger partial charge < -0.3 is 9.47 Å². The second kappa shape index (κ2) is 6.92. The second-order valence-electron chi connectivity index (χ2n) is 6.32. The molecule has 0 aromatic rings. The number of hydrogen-bond acceptors (Lipinski definition) is 4. The van der Waals surface area contributed by atoms with Gasteiger partial charge in [-0.2, -0.15) is 0 Å². The van der Waals surface area contributed by atoms with Gasteiger partial charge in [-0.1, -0.05) is 39.0 Å². The average Bonchev–Trinajstić information content (AvgIpc) is 2.97. The van der Waals surface area contributed by atoms with Crippen molar-refractivity contribution in [2.45, 2.75) is 52.2 Å². The zero-order valence-electron chi connectivity index (χ0n) is 13.0. The minimum atomic E-state index is -0.736. The van der Waals surface area contributed by atoms with Crippen molar-refractivity contribution in [2.75, 3.05) is 0 Å². The summed E-state index contributed by atoms with van der Waals surface area (Å²) in [6.07, 6.45) is 9.38. The zero-order valence-corrected chi connectivity index (χ0v) is 13.0. The third kappa shape index (κ3) is 3.96. The fourth-order valence-electron chi connectivity index (χ4n) is 2.59. The fraction of sp³-hybridized carbons (Fsp3) is 0.647. The van der Waals surface area contributed by atoms with Gasteiger partial charge in [0.1, 0.15) is 6.10 Å². The number of allylic oxidation sites excluding steroid dienone is 3. The van der Waals surface area contributed by atoms with Crippen molar-refractivity contribution in [2.24, 2.45) is 17.8 Å². The molecule has 4 nitrogen and oxygen atoms in total. The van der Waals surface area contributed by atoms with Gasteiger partial charge in [0.25, 0.3) is 0 Å². The van der Waals surface area contributed by atoms with Crippen LogP contribution in [0.15, 0.2) is 24.3 Å².